The van der Waals surface area contributed by atoms with E-state index in [1.165, 1.54) is 7.11 Å². The Morgan fingerprint density at radius 3 is 2.61 bits per heavy atom. The predicted molar refractivity (Wildman–Crippen MR) is 107 cm³/mol. The third kappa shape index (κ3) is 3.35. The molecule has 4 rings (SSSR count). The number of carbonyl (C=O) groups is 2. The number of aromatic nitrogens is 2. The molecular formula is C22H17N3O3. The van der Waals surface area contributed by atoms with Crippen molar-refractivity contribution in [1.29, 1.82) is 0 Å². The average Bonchev–Trinajstić information content (AvgIpc) is 3.23. The van der Waals surface area contributed by atoms with Crippen LogP contribution in [0.3, 0.4) is 0 Å². The smallest absolute Gasteiger partial charge is 0.337 e. The van der Waals surface area contributed by atoms with Crippen LogP contribution in [0.1, 0.15) is 20.8 Å². The number of H-pyrrole nitrogens is 1. The summed E-state index contributed by atoms with van der Waals surface area (Å²) < 4.78 is 4.70. The molecule has 3 aromatic carbocycles. The molecule has 138 valence electrons. The van der Waals surface area contributed by atoms with Gasteiger partial charge in [-0.2, -0.15) is 5.10 Å². The summed E-state index contributed by atoms with van der Waals surface area (Å²) in [6, 6.07) is 22.3. The number of carbonyl (C=O) groups excluding carboxylic acids is 2. The number of anilines is 1. The number of methoxy groups -OCH3 is 1. The van der Waals surface area contributed by atoms with Crippen molar-refractivity contribution in [3.8, 4) is 11.3 Å². The van der Waals surface area contributed by atoms with Gasteiger partial charge in [0.05, 0.1) is 18.4 Å². The van der Waals surface area contributed by atoms with E-state index in [4.69, 9.17) is 4.74 Å². The molecule has 0 saturated carbocycles. The lowest BCUT2D eigenvalue weighted by molar-refractivity contribution is 0.0600. The molecular weight excluding hydrogens is 354 g/mol. The van der Waals surface area contributed by atoms with Gasteiger partial charge in [-0.15, -0.1) is 0 Å². The van der Waals surface area contributed by atoms with E-state index in [2.05, 4.69) is 15.5 Å². The Hall–Kier alpha value is -3.93. The molecule has 4 aromatic rings. The maximum atomic E-state index is 12.6. The van der Waals surface area contributed by atoms with Gasteiger partial charge < -0.3 is 10.1 Å². The molecule has 0 fully saturated rings. The van der Waals surface area contributed by atoms with Crippen molar-refractivity contribution in [2.45, 2.75) is 0 Å². The monoisotopic (exact) mass is 371 g/mol. The van der Waals surface area contributed by atoms with Crippen LogP contribution in [0.5, 0.6) is 0 Å². The van der Waals surface area contributed by atoms with E-state index in [0.29, 0.717) is 22.6 Å². The van der Waals surface area contributed by atoms with Crippen LogP contribution in [0, 0.1) is 0 Å². The molecule has 0 aliphatic heterocycles. The van der Waals surface area contributed by atoms with Crippen molar-refractivity contribution in [2.24, 2.45) is 0 Å². The summed E-state index contributed by atoms with van der Waals surface area (Å²) in [5.41, 5.74) is 2.81. The number of fused-ring (bicyclic) bond motifs is 1. The second-order valence-corrected chi connectivity index (χ2v) is 6.22. The van der Waals surface area contributed by atoms with Gasteiger partial charge in [0.15, 0.2) is 0 Å². The van der Waals surface area contributed by atoms with Gasteiger partial charge in [0, 0.05) is 11.3 Å². The Morgan fingerprint density at radius 2 is 1.75 bits per heavy atom. The summed E-state index contributed by atoms with van der Waals surface area (Å²) >= 11 is 0. The maximum Gasteiger partial charge on any atom is 0.337 e. The fraction of sp³-hybridized carbons (Fsp3) is 0.0455. The molecule has 0 aliphatic carbocycles. The number of amides is 1. The number of nitrogens with zero attached hydrogens (tertiary/aromatic N) is 1. The number of ether oxygens (including phenoxy) is 1. The van der Waals surface area contributed by atoms with Crippen LogP contribution in [0.4, 0.5) is 5.69 Å². The van der Waals surface area contributed by atoms with Crippen molar-refractivity contribution < 1.29 is 14.3 Å². The van der Waals surface area contributed by atoms with Gasteiger partial charge in [-0.05, 0) is 35.0 Å². The highest BCUT2D eigenvalue weighted by atomic mass is 16.5. The van der Waals surface area contributed by atoms with E-state index in [9.17, 15) is 9.59 Å². The van der Waals surface area contributed by atoms with Crippen molar-refractivity contribution in [2.75, 3.05) is 12.4 Å². The highest BCUT2D eigenvalue weighted by molar-refractivity contribution is 6.05. The minimum absolute atomic E-state index is 0.325. The molecule has 2 N–H and O–H groups in total. The van der Waals surface area contributed by atoms with E-state index in [-0.39, 0.29) is 5.91 Å². The van der Waals surface area contributed by atoms with Crippen LogP contribution >= 0.6 is 0 Å². The molecule has 0 atom stereocenters. The molecule has 0 spiro atoms. The Labute approximate surface area is 161 Å². The fourth-order valence-electron chi connectivity index (χ4n) is 3.06. The highest BCUT2D eigenvalue weighted by Gasteiger charge is 2.14. The molecule has 1 heterocycles. The number of nitrogens with one attached hydrogen (secondary N) is 2. The summed E-state index contributed by atoms with van der Waals surface area (Å²) in [5, 5.41) is 12.0. The van der Waals surface area contributed by atoms with Crippen molar-refractivity contribution in [3.05, 3.63) is 84.1 Å². The maximum absolute atomic E-state index is 12.6. The Kier molecular flexibility index (Phi) is 4.60. The summed E-state index contributed by atoms with van der Waals surface area (Å²) in [4.78, 5) is 24.2. The van der Waals surface area contributed by atoms with Crippen LogP contribution < -0.4 is 5.32 Å². The predicted octanol–water partition coefficient (Wildman–Crippen LogP) is 4.27. The minimum atomic E-state index is -0.462. The molecule has 0 aliphatic rings. The van der Waals surface area contributed by atoms with Crippen molar-refractivity contribution >= 4 is 28.3 Å². The largest absolute Gasteiger partial charge is 0.465 e. The van der Waals surface area contributed by atoms with E-state index >= 15 is 0 Å². The topological polar surface area (TPSA) is 84.1 Å². The number of benzene rings is 3. The standard InChI is InChI=1S/C22H17N3O3/c1-28-22(27)15-8-4-9-16(12-15)23-21(26)20-13-19(24-25-20)18-11-5-7-14-6-2-3-10-17(14)18/h2-13H,1H3,(H,23,26)(H,24,25). The van der Waals surface area contributed by atoms with Crippen LogP contribution in [0.25, 0.3) is 22.0 Å². The van der Waals surface area contributed by atoms with Crippen LogP contribution in [0.15, 0.2) is 72.8 Å². The first-order valence-electron chi connectivity index (χ1n) is 8.69. The first kappa shape index (κ1) is 17.5. The molecule has 6 heteroatoms. The molecule has 6 nitrogen and oxygen atoms in total. The van der Waals surface area contributed by atoms with E-state index in [0.717, 1.165) is 16.3 Å². The summed E-state index contributed by atoms with van der Waals surface area (Å²) in [6.07, 6.45) is 0. The lowest BCUT2D eigenvalue weighted by Crippen LogP contribution is -2.13. The Balaban J connectivity index is 1.59. The molecule has 0 bridgehead atoms. The Morgan fingerprint density at radius 1 is 0.964 bits per heavy atom. The molecule has 0 radical (unpaired) electrons. The number of hydrogen-bond acceptors (Lipinski definition) is 4. The Bertz CT molecular complexity index is 1180. The van der Waals surface area contributed by atoms with E-state index in [1.54, 1.807) is 30.3 Å². The van der Waals surface area contributed by atoms with E-state index in [1.807, 2.05) is 42.5 Å². The van der Waals surface area contributed by atoms with E-state index < -0.39 is 5.97 Å². The SMILES string of the molecule is COC(=O)c1cccc(NC(=O)c2cc(-c3cccc4ccccc34)n[nH]2)c1. The minimum Gasteiger partial charge on any atom is -0.465 e. The van der Waals surface area contributed by atoms with Crippen LogP contribution in [-0.2, 0) is 4.74 Å². The second kappa shape index (κ2) is 7.36. The third-order valence-electron chi connectivity index (χ3n) is 4.43. The first-order valence-corrected chi connectivity index (χ1v) is 8.69. The zero-order chi connectivity index (χ0) is 19.5. The van der Waals surface area contributed by atoms with Crippen LogP contribution in [-0.4, -0.2) is 29.2 Å². The van der Waals surface area contributed by atoms with Crippen molar-refractivity contribution in [1.82, 2.24) is 10.2 Å². The number of aromatic amines is 1. The normalized spacial score (nSPS) is 10.6. The lowest BCUT2D eigenvalue weighted by Gasteiger charge is -2.05. The van der Waals surface area contributed by atoms with Gasteiger partial charge in [-0.25, -0.2) is 4.79 Å². The van der Waals surface area contributed by atoms with Gasteiger partial charge in [-0.1, -0.05) is 48.5 Å². The summed E-state index contributed by atoms with van der Waals surface area (Å²) in [5.74, 6) is -0.808. The van der Waals surface area contributed by atoms with Crippen LogP contribution in [0.2, 0.25) is 0 Å². The lowest BCUT2D eigenvalue weighted by atomic mass is 10.0. The van der Waals surface area contributed by atoms with Gasteiger partial charge in [0.25, 0.3) is 5.91 Å². The summed E-state index contributed by atoms with van der Waals surface area (Å²) in [6.45, 7) is 0. The van der Waals surface area contributed by atoms with Gasteiger partial charge in [-0.3, -0.25) is 9.89 Å². The molecule has 28 heavy (non-hydrogen) atoms. The van der Waals surface area contributed by atoms with Crippen molar-refractivity contribution in [3.63, 3.8) is 0 Å². The second-order valence-electron chi connectivity index (χ2n) is 6.22. The van der Waals surface area contributed by atoms with Gasteiger partial charge in [0.1, 0.15) is 5.69 Å². The molecule has 0 saturated heterocycles. The number of esters is 1. The fourth-order valence-corrected chi connectivity index (χ4v) is 3.06. The number of hydrogen-bond donors (Lipinski definition) is 2. The quantitative estimate of drug-likeness (QED) is 0.525. The zero-order valence-corrected chi connectivity index (χ0v) is 15.1. The van der Waals surface area contributed by atoms with Gasteiger partial charge in [0.2, 0.25) is 0 Å². The first-order chi connectivity index (χ1) is 13.7. The molecule has 1 amide bonds. The summed E-state index contributed by atoms with van der Waals surface area (Å²) in [7, 11) is 1.31. The average molecular weight is 371 g/mol. The highest BCUT2D eigenvalue weighted by Crippen LogP contribution is 2.27. The number of rotatable bonds is 4. The van der Waals surface area contributed by atoms with Gasteiger partial charge >= 0.3 is 5.97 Å². The molecule has 0 unspecified atom stereocenters. The molecule has 1 aromatic heterocycles. The third-order valence-corrected chi connectivity index (χ3v) is 4.43. The zero-order valence-electron chi connectivity index (χ0n) is 15.1.